The van der Waals surface area contributed by atoms with Crippen molar-refractivity contribution in [2.45, 2.75) is 12.5 Å². The smallest absolute Gasteiger partial charge is 0.164 e. The van der Waals surface area contributed by atoms with Crippen LogP contribution in [0.15, 0.2) is 55.1 Å². The molecular formula is C19H19NO3. The Balaban J connectivity index is 2.25. The molecule has 2 rings (SSSR count). The molecule has 0 aliphatic rings. The van der Waals surface area contributed by atoms with Crippen molar-refractivity contribution in [3.05, 3.63) is 66.2 Å². The summed E-state index contributed by atoms with van der Waals surface area (Å²) >= 11 is 0. The average molecular weight is 309 g/mol. The third-order valence-electron chi connectivity index (χ3n) is 3.43. The van der Waals surface area contributed by atoms with Gasteiger partial charge in [-0.2, -0.15) is 5.26 Å². The van der Waals surface area contributed by atoms with E-state index in [0.29, 0.717) is 29.2 Å². The summed E-state index contributed by atoms with van der Waals surface area (Å²) < 4.78 is 16.6. The van der Waals surface area contributed by atoms with Crippen LogP contribution in [0, 0.1) is 11.3 Å². The van der Waals surface area contributed by atoms with Crippen LogP contribution < -0.4 is 14.2 Å². The lowest BCUT2D eigenvalue weighted by Crippen LogP contribution is -2.07. The first kappa shape index (κ1) is 16.4. The van der Waals surface area contributed by atoms with E-state index in [1.54, 1.807) is 38.5 Å². The number of rotatable bonds is 7. The highest BCUT2D eigenvalue weighted by Crippen LogP contribution is 2.33. The molecule has 0 saturated carbocycles. The lowest BCUT2D eigenvalue weighted by atomic mass is 10.0. The maximum Gasteiger partial charge on any atom is 0.164 e. The van der Waals surface area contributed by atoms with Crippen LogP contribution >= 0.6 is 0 Å². The summed E-state index contributed by atoms with van der Waals surface area (Å²) in [6, 6.07) is 14.9. The minimum atomic E-state index is -0.182. The summed E-state index contributed by atoms with van der Waals surface area (Å²) in [4.78, 5) is 0. The maximum atomic E-state index is 8.89. The van der Waals surface area contributed by atoms with Crippen LogP contribution in [0.1, 0.15) is 23.7 Å². The Hall–Kier alpha value is -2.93. The Labute approximate surface area is 136 Å². The van der Waals surface area contributed by atoms with Crippen molar-refractivity contribution in [3.63, 3.8) is 0 Å². The van der Waals surface area contributed by atoms with Crippen molar-refractivity contribution in [2.75, 3.05) is 14.2 Å². The molecule has 0 unspecified atom stereocenters. The van der Waals surface area contributed by atoms with E-state index in [0.717, 1.165) is 5.56 Å². The highest BCUT2D eigenvalue weighted by atomic mass is 16.5. The summed E-state index contributed by atoms with van der Waals surface area (Å²) in [5, 5.41) is 8.89. The monoisotopic (exact) mass is 309 g/mol. The largest absolute Gasteiger partial charge is 0.493 e. The van der Waals surface area contributed by atoms with Crippen molar-refractivity contribution >= 4 is 0 Å². The zero-order valence-electron chi connectivity index (χ0n) is 13.3. The molecule has 2 aromatic carbocycles. The van der Waals surface area contributed by atoms with E-state index in [4.69, 9.17) is 19.5 Å². The van der Waals surface area contributed by atoms with Gasteiger partial charge in [-0.05, 0) is 29.8 Å². The second-order valence-electron chi connectivity index (χ2n) is 4.88. The van der Waals surface area contributed by atoms with E-state index in [9.17, 15) is 0 Å². The third-order valence-corrected chi connectivity index (χ3v) is 3.43. The molecule has 4 heteroatoms. The topological polar surface area (TPSA) is 51.5 Å². The fourth-order valence-corrected chi connectivity index (χ4v) is 2.23. The van der Waals surface area contributed by atoms with E-state index in [-0.39, 0.29) is 6.10 Å². The molecule has 0 aliphatic carbocycles. The van der Waals surface area contributed by atoms with Crippen molar-refractivity contribution in [1.29, 1.82) is 5.26 Å². The molecule has 0 bridgehead atoms. The van der Waals surface area contributed by atoms with Crippen LogP contribution in [0.25, 0.3) is 0 Å². The third kappa shape index (κ3) is 4.04. The molecule has 23 heavy (non-hydrogen) atoms. The predicted molar refractivity (Wildman–Crippen MR) is 88.9 cm³/mol. The minimum Gasteiger partial charge on any atom is -0.493 e. The van der Waals surface area contributed by atoms with Gasteiger partial charge in [0.25, 0.3) is 0 Å². The van der Waals surface area contributed by atoms with Gasteiger partial charge in [0.1, 0.15) is 11.9 Å². The van der Waals surface area contributed by atoms with Crippen LogP contribution in [0.5, 0.6) is 17.2 Å². The van der Waals surface area contributed by atoms with Crippen molar-refractivity contribution in [1.82, 2.24) is 0 Å². The molecule has 118 valence electrons. The highest BCUT2D eigenvalue weighted by Gasteiger charge is 2.14. The molecule has 1 atom stereocenters. The highest BCUT2D eigenvalue weighted by molar-refractivity contribution is 5.45. The molecule has 4 nitrogen and oxygen atoms in total. The van der Waals surface area contributed by atoms with Crippen LogP contribution in [0.4, 0.5) is 0 Å². The van der Waals surface area contributed by atoms with Crippen LogP contribution in [-0.2, 0) is 0 Å². The van der Waals surface area contributed by atoms with Crippen LogP contribution in [0.2, 0.25) is 0 Å². The normalized spacial score (nSPS) is 11.2. The van der Waals surface area contributed by atoms with Crippen molar-refractivity contribution in [3.8, 4) is 23.3 Å². The molecule has 0 N–H and O–H groups in total. The van der Waals surface area contributed by atoms with E-state index < -0.39 is 0 Å². The lowest BCUT2D eigenvalue weighted by Gasteiger charge is -2.19. The summed E-state index contributed by atoms with van der Waals surface area (Å²) in [6.07, 6.45) is 2.28. The first-order valence-electron chi connectivity index (χ1n) is 7.21. The Kier molecular flexibility index (Phi) is 5.65. The summed E-state index contributed by atoms with van der Waals surface area (Å²) in [6.45, 7) is 3.79. The molecule has 0 amide bonds. The maximum absolute atomic E-state index is 8.89. The number of nitrogens with zero attached hydrogens (tertiary/aromatic N) is 1. The standard InChI is InChI=1S/C19H19NO3/c1-4-5-17(15-8-6-14(13-20)7-9-15)23-16-10-11-18(21-2)19(12-16)22-3/h4,6-12,17H,1,5H2,2-3H3/t17-/m0/s1. The fraction of sp³-hybridized carbons (Fsp3) is 0.211. The molecule has 2 aromatic rings. The minimum absolute atomic E-state index is 0.182. The molecule has 0 saturated heterocycles. The number of methoxy groups -OCH3 is 2. The van der Waals surface area contributed by atoms with Gasteiger partial charge in [-0.1, -0.05) is 18.2 Å². The van der Waals surface area contributed by atoms with Gasteiger partial charge in [0.2, 0.25) is 0 Å². The quantitative estimate of drug-likeness (QED) is 0.717. The number of ether oxygens (including phenoxy) is 3. The number of nitriles is 1. The van der Waals surface area contributed by atoms with Crippen molar-refractivity contribution in [2.24, 2.45) is 0 Å². The summed E-state index contributed by atoms with van der Waals surface area (Å²) in [7, 11) is 3.18. The molecule has 0 aromatic heterocycles. The Morgan fingerprint density at radius 2 is 1.78 bits per heavy atom. The van der Waals surface area contributed by atoms with Gasteiger partial charge in [0.05, 0.1) is 25.9 Å². The van der Waals surface area contributed by atoms with E-state index >= 15 is 0 Å². The van der Waals surface area contributed by atoms with Crippen LogP contribution in [-0.4, -0.2) is 14.2 Å². The summed E-state index contributed by atoms with van der Waals surface area (Å²) in [5.74, 6) is 1.94. The molecule has 0 heterocycles. The molecule has 0 aliphatic heterocycles. The van der Waals surface area contributed by atoms with E-state index in [1.807, 2.05) is 24.3 Å². The van der Waals surface area contributed by atoms with E-state index in [1.165, 1.54) is 0 Å². The Morgan fingerprint density at radius 3 is 2.35 bits per heavy atom. The van der Waals surface area contributed by atoms with Gasteiger partial charge >= 0.3 is 0 Å². The molecule has 0 spiro atoms. The number of hydrogen-bond acceptors (Lipinski definition) is 4. The first-order valence-corrected chi connectivity index (χ1v) is 7.21. The van der Waals surface area contributed by atoms with Gasteiger partial charge in [0, 0.05) is 12.5 Å². The van der Waals surface area contributed by atoms with Gasteiger partial charge in [-0.25, -0.2) is 0 Å². The Morgan fingerprint density at radius 1 is 1.09 bits per heavy atom. The second kappa shape index (κ2) is 7.90. The van der Waals surface area contributed by atoms with Crippen molar-refractivity contribution < 1.29 is 14.2 Å². The lowest BCUT2D eigenvalue weighted by molar-refractivity contribution is 0.208. The zero-order valence-corrected chi connectivity index (χ0v) is 13.3. The van der Waals surface area contributed by atoms with Gasteiger partial charge in [-0.15, -0.1) is 6.58 Å². The number of hydrogen-bond donors (Lipinski definition) is 0. The van der Waals surface area contributed by atoms with E-state index in [2.05, 4.69) is 12.6 Å². The summed E-state index contributed by atoms with van der Waals surface area (Å²) in [5.41, 5.74) is 1.61. The SMILES string of the molecule is C=CC[C@H](Oc1ccc(OC)c(OC)c1)c1ccc(C#N)cc1. The van der Waals surface area contributed by atoms with Gasteiger partial charge < -0.3 is 14.2 Å². The second-order valence-corrected chi connectivity index (χ2v) is 4.88. The molecule has 0 radical (unpaired) electrons. The first-order chi connectivity index (χ1) is 11.2. The fourth-order valence-electron chi connectivity index (χ4n) is 2.23. The van der Waals surface area contributed by atoms with Gasteiger partial charge in [-0.3, -0.25) is 0 Å². The average Bonchev–Trinajstić information content (AvgIpc) is 2.61. The number of benzene rings is 2. The zero-order chi connectivity index (χ0) is 16.7. The predicted octanol–water partition coefficient (Wildman–Crippen LogP) is 4.27. The Bertz CT molecular complexity index is 702. The molecular weight excluding hydrogens is 290 g/mol. The molecule has 0 fully saturated rings. The van der Waals surface area contributed by atoms with Gasteiger partial charge in [0.15, 0.2) is 11.5 Å². The van der Waals surface area contributed by atoms with Crippen LogP contribution in [0.3, 0.4) is 0 Å².